The molecule has 2 rings (SSSR count). The van der Waals surface area contributed by atoms with Crippen LogP contribution in [-0.4, -0.2) is 37.9 Å². The second kappa shape index (κ2) is 4.75. The lowest BCUT2D eigenvalue weighted by atomic mass is 10.3. The molecule has 0 radical (unpaired) electrons. The van der Waals surface area contributed by atoms with E-state index in [-0.39, 0.29) is 11.7 Å². The number of imidazole rings is 1. The van der Waals surface area contributed by atoms with Crippen molar-refractivity contribution in [1.82, 2.24) is 20.0 Å². The molecule has 0 aliphatic carbocycles. The number of likely N-dealkylation sites (N-methyl/N-ethyl adjacent to an activating group) is 1. The standard InChI is InChI=1S/C10H12N4O3S/c1-11-9(15)6-12-18(16,17)10-13-7-4-2-3-5-8(7)14-10/h2-5,12H,6H2,1H3,(H,11,15)(H,13,14). The number of nitrogens with zero attached hydrogens (tertiary/aromatic N) is 1. The largest absolute Gasteiger partial charge is 0.358 e. The van der Waals surface area contributed by atoms with Crippen LogP contribution in [0.5, 0.6) is 0 Å². The van der Waals surface area contributed by atoms with Gasteiger partial charge in [0, 0.05) is 7.05 Å². The lowest BCUT2D eigenvalue weighted by Gasteiger charge is -2.02. The normalized spacial score (nSPS) is 11.6. The quantitative estimate of drug-likeness (QED) is 0.701. The molecule has 0 fully saturated rings. The third kappa shape index (κ3) is 2.49. The van der Waals surface area contributed by atoms with E-state index >= 15 is 0 Å². The third-order valence-corrected chi connectivity index (χ3v) is 3.55. The minimum Gasteiger partial charge on any atom is -0.358 e. The number of H-pyrrole nitrogens is 1. The van der Waals surface area contributed by atoms with Crippen molar-refractivity contribution in [3.05, 3.63) is 24.3 Å². The van der Waals surface area contributed by atoms with Gasteiger partial charge in [-0.15, -0.1) is 0 Å². The van der Waals surface area contributed by atoms with Gasteiger partial charge in [0.1, 0.15) is 0 Å². The predicted molar refractivity (Wildman–Crippen MR) is 65.3 cm³/mol. The molecule has 0 aliphatic heterocycles. The van der Waals surface area contributed by atoms with Crippen LogP contribution in [0.25, 0.3) is 11.0 Å². The number of rotatable bonds is 4. The van der Waals surface area contributed by atoms with Crippen LogP contribution in [0.15, 0.2) is 29.4 Å². The second-order valence-electron chi connectivity index (χ2n) is 3.56. The maximum Gasteiger partial charge on any atom is 0.274 e. The third-order valence-electron chi connectivity index (χ3n) is 2.32. The number of para-hydroxylation sites is 2. The number of sulfonamides is 1. The average molecular weight is 268 g/mol. The number of amides is 1. The van der Waals surface area contributed by atoms with Crippen molar-refractivity contribution in [2.24, 2.45) is 0 Å². The first-order chi connectivity index (χ1) is 8.53. The van der Waals surface area contributed by atoms with E-state index in [4.69, 9.17) is 0 Å². The minimum absolute atomic E-state index is 0.201. The highest BCUT2D eigenvalue weighted by molar-refractivity contribution is 7.89. The molecule has 1 aromatic heterocycles. The summed E-state index contributed by atoms with van der Waals surface area (Å²) in [5.74, 6) is -0.422. The number of carbonyl (C=O) groups is 1. The van der Waals surface area contributed by atoms with Gasteiger partial charge < -0.3 is 10.3 Å². The van der Waals surface area contributed by atoms with Crippen molar-refractivity contribution >= 4 is 27.0 Å². The minimum atomic E-state index is -3.80. The van der Waals surface area contributed by atoms with Gasteiger partial charge in [-0.1, -0.05) is 12.1 Å². The van der Waals surface area contributed by atoms with Gasteiger partial charge in [0.25, 0.3) is 10.0 Å². The van der Waals surface area contributed by atoms with Gasteiger partial charge in [-0.2, -0.15) is 4.72 Å². The monoisotopic (exact) mass is 268 g/mol. The number of fused-ring (bicyclic) bond motifs is 1. The molecule has 1 amide bonds. The van der Waals surface area contributed by atoms with E-state index in [2.05, 4.69) is 20.0 Å². The Labute approximate surface area is 104 Å². The van der Waals surface area contributed by atoms with Gasteiger partial charge in [0.05, 0.1) is 17.6 Å². The van der Waals surface area contributed by atoms with Crippen molar-refractivity contribution in [3.63, 3.8) is 0 Å². The van der Waals surface area contributed by atoms with E-state index in [1.165, 1.54) is 7.05 Å². The smallest absolute Gasteiger partial charge is 0.274 e. The first-order valence-corrected chi connectivity index (χ1v) is 6.66. The molecule has 0 unspecified atom stereocenters. The number of nitrogens with one attached hydrogen (secondary N) is 3. The van der Waals surface area contributed by atoms with E-state index < -0.39 is 15.9 Å². The molecule has 3 N–H and O–H groups in total. The number of carbonyl (C=O) groups excluding carboxylic acids is 1. The molecule has 0 aliphatic rings. The summed E-state index contributed by atoms with van der Waals surface area (Å²) in [5, 5.41) is 2.12. The zero-order valence-corrected chi connectivity index (χ0v) is 10.4. The van der Waals surface area contributed by atoms with Crippen molar-refractivity contribution < 1.29 is 13.2 Å². The molecule has 0 bridgehead atoms. The van der Waals surface area contributed by atoms with Gasteiger partial charge >= 0.3 is 0 Å². The van der Waals surface area contributed by atoms with Crippen molar-refractivity contribution in [2.75, 3.05) is 13.6 Å². The predicted octanol–water partition coefficient (Wildman–Crippen LogP) is -0.413. The number of aromatic nitrogens is 2. The van der Waals surface area contributed by atoms with E-state index in [1.807, 2.05) is 0 Å². The number of hydrogen-bond acceptors (Lipinski definition) is 4. The lowest BCUT2D eigenvalue weighted by molar-refractivity contribution is -0.119. The Kier molecular flexibility index (Phi) is 3.30. The number of aromatic amines is 1. The average Bonchev–Trinajstić information content (AvgIpc) is 2.80. The summed E-state index contributed by atoms with van der Waals surface area (Å²) < 4.78 is 25.8. The molecule has 8 heteroatoms. The Morgan fingerprint density at radius 1 is 1.39 bits per heavy atom. The Morgan fingerprint density at radius 3 is 2.78 bits per heavy atom. The summed E-state index contributed by atoms with van der Waals surface area (Å²) in [6.07, 6.45) is 0. The summed E-state index contributed by atoms with van der Waals surface area (Å²) >= 11 is 0. The molecule has 2 aromatic rings. The molecular weight excluding hydrogens is 256 g/mol. The molecule has 1 aromatic carbocycles. The first kappa shape index (κ1) is 12.5. The molecule has 1 heterocycles. The van der Waals surface area contributed by atoms with Gasteiger partial charge in [-0.3, -0.25) is 4.79 Å². The van der Waals surface area contributed by atoms with Crippen molar-refractivity contribution in [2.45, 2.75) is 5.16 Å². The van der Waals surface area contributed by atoms with E-state index in [1.54, 1.807) is 24.3 Å². The molecule has 0 atom stereocenters. The summed E-state index contributed by atoms with van der Waals surface area (Å²) in [5.41, 5.74) is 1.18. The van der Waals surface area contributed by atoms with Crippen LogP contribution in [-0.2, 0) is 14.8 Å². The highest BCUT2D eigenvalue weighted by Crippen LogP contribution is 2.13. The van der Waals surface area contributed by atoms with Crippen molar-refractivity contribution in [1.29, 1.82) is 0 Å². The number of benzene rings is 1. The fraction of sp³-hybridized carbons (Fsp3) is 0.200. The molecule has 0 saturated carbocycles. The van der Waals surface area contributed by atoms with Gasteiger partial charge in [-0.25, -0.2) is 13.4 Å². The summed E-state index contributed by atoms with van der Waals surface area (Å²) in [6.45, 7) is -0.324. The zero-order valence-electron chi connectivity index (χ0n) is 9.60. The first-order valence-electron chi connectivity index (χ1n) is 5.18. The van der Waals surface area contributed by atoms with Crippen molar-refractivity contribution in [3.8, 4) is 0 Å². The highest BCUT2D eigenvalue weighted by Gasteiger charge is 2.19. The van der Waals surface area contributed by atoms with E-state index in [0.717, 1.165) is 0 Å². The maximum atomic E-state index is 11.8. The SMILES string of the molecule is CNC(=O)CNS(=O)(=O)c1nc2ccccc2[nH]1. The van der Waals surface area contributed by atoms with Gasteiger partial charge in [0.15, 0.2) is 0 Å². The van der Waals surface area contributed by atoms with Crippen LogP contribution >= 0.6 is 0 Å². The molecule has 7 nitrogen and oxygen atoms in total. The molecular formula is C10H12N4O3S. The molecule has 96 valence electrons. The van der Waals surface area contributed by atoms with E-state index in [0.29, 0.717) is 11.0 Å². The summed E-state index contributed by atoms with van der Waals surface area (Å²) in [4.78, 5) is 17.6. The maximum absolute atomic E-state index is 11.8. The molecule has 0 spiro atoms. The fourth-order valence-corrected chi connectivity index (χ4v) is 2.29. The highest BCUT2D eigenvalue weighted by atomic mass is 32.2. The van der Waals surface area contributed by atoms with Gasteiger partial charge in [0.2, 0.25) is 11.1 Å². The Hall–Kier alpha value is -1.93. The van der Waals surface area contributed by atoms with Crippen LogP contribution in [0.1, 0.15) is 0 Å². The summed E-state index contributed by atoms with van der Waals surface area (Å²) in [7, 11) is -2.38. The van der Waals surface area contributed by atoms with Gasteiger partial charge in [-0.05, 0) is 12.1 Å². The number of hydrogen-bond donors (Lipinski definition) is 3. The summed E-state index contributed by atoms with van der Waals surface area (Å²) in [6, 6.07) is 6.95. The Morgan fingerprint density at radius 2 is 2.11 bits per heavy atom. The topological polar surface area (TPSA) is 104 Å². The molecule has 0 saturated heterocycles. The zero-order chi connectivity index (χ0) is 13.2. The van der Waals surface area contributed by atoms with Crippen LogP contribution in [0, 0.1) is 0 Å². The van der Waals surface area contributed by atoms with Crippen LogP contribution in [0.2, 0.25) is 0 Å². The van der Waals surface area contributed by atoms with Crippen LogP contribution < -0.4 is 10.0 Å². The van der Waals surface area contributed by atoms with Crippen LogP contribution in [0.3, 0.4) is 0 Å². The Balaban J connectivity index is 2.26. The fourth-order valence-electron chi connectivity index (χ4n) is 1.37. The Bertz CT molecular complexity index is 644. The van der Waals surface area contributed by atoms with E-state index in [9.17, 15) is 13.2 Å². The second-order valence-corrected chi connectivity index (χ2v) is 5.24. The lowest BCUT2D eigenvalue weighted by Crippen LogP contribution is -2.35. The molecule has 18 heavy (non-hydrogen) atoms. The van der Waals surface area contributed by atoms with Crippen LogP contribution in [0.4, 0.5) is 0 Å².